The lowest BCUT2D eigenvalue weighted by molar-refractivity contribution is 0.0909. The standard InChI is InChI=1S/C16H18N2O2.ClH/c19-16(13-1-2-15-12(8-13)4-6-20-15)17-14-7-11-3-5-18(9-11)10-14;/h1-2,4,6,8,11,14H,3,5,7,9-10H2,(H,17,19);1H/t11-,14-;/m1./s1. The maximum Gasteiger partial charge on any atom is 0.251 e. The van der Waals surface area contributed by atoms with Crippen molar-refractivity contribution >= 4 is 29.3 Å². The summed E-state index contributed by atoms with van der Waals surface area (Å²) in [4.78, 5) is 14.8. The van der Waals surface area contributed by atoms with Crippen LogP contribution in [0.1, 0.15) is 23.2 Å². The third-order valence-electron chi connectivity index (χ3n) is 4.52. The highest BCUT2D eigenvalue weighted by atomic mass is 35.5. The highest BCUT2D eigenvalue weighted by Gasteiger charge is 2.32. The van der Waals surface area contributed by atoms with E-state index < -0.39 is 0 Å². The van der Waals surface area contributed by atoms with Crippen molar-refractivity contribution in [2.24, 2.45) is 5.92 Å². The zero-order chi connectivity index (χ0) is 13.5. The molecule has 2 aliphatic heterocycles. The number of benzene rings is 1. The Morgan fingerprint density at radius 1 is 1.29 bits per heavy atom. The van der Waals surface area contributed by atoms with E-state index in [9.17, 15) is 4.79 Å². The zero-order valence-electron chi connectivity index (χ0n) is 11.7. The number of carbonyl (C=O) groups excluding carboxylic acids is 1. The van der Waals surface area contributed by atoms with Gasteiger partial charge in [0, 0.05) is 30.1 Å². The lowest BCUT2D eigenvalue weighted by atomic mass is 9.96. The SMILES string of the molecule is Cl.O=C(N[C@@H]1C[C@H]2CCN(C2)C1)c1ccc2occc2c1. The van der Waals surface area contributed by atoms with E-state index in [2.05, 4.69) is 10.2 Å². The van der Waals surface area contributed by atoms with E-state index in [1.807, 2.05) is 24.3 Å². The Morgan fingerprint density at radius 2 is 2.19 bits per heavy atom. The Kier molecular flexibility index (Phi) is 3.91. The number of rotatable bonds is 2. The van der Waals surface area contributed by atoms with E-state index in [0.29, 0.717) is 11.6 Å². The number of fused-ring (bicyclic) bond motifs is 3. The van der Waals surface area contributed by atoms with Crippen molar-refractivity contribution in [3.8, 4) is 0 Å². The molecule has 1 amide bonds. The second kappa shape index (κ2) is 5.70. The summed E-state index contributed by atoms with van der Waals surface area (Å²) in [5.41, 5.74) is 1.54. The van der Waals surface area contributed by atoms with E-state index in [1.54, 1.807) is 6.26 Å². The lowest BCUT2D eigenvalue weighted by Gasteiger charge is -2.30. The Morgan fingerprint density at radius 3 is 3.05 bits per heavy atom. The number of furan rings is 1. The molecule has 1 unspecified atom stereocenters. The van der Waals surface area contributed by atoms with Crippen LogP contribution in [0.15, 0.2) is 34.9 Å². The van der Waals surface area contributed by atoms with Gasteiger partial charge in [0.15, 0.2) is 0 Å². The molecule has 2 aliphatic rings. The topological polar surface area (TPSA) is 45.5 Å². The van der Waals surface area contributed by atoms with Gasteiger partial charge in [0.2, 0.25) is 0 Å². The van der Waals surface area contributed by atoms with Gasteiger partial charge in [-0.25, -0.2) is 0 Å². The number of halogens is 1. The van der Waals surface area contributed by atoms with Crippen molar-refractivity contribution in [1.29, 1.82) is 0 Å². The summed E-state index contributed by atoms with van der Waals surface area (Å²) in [6.45, 7) is 3.40. The van der Waals surface area contributed by atoms with Crippen molar-refractivity contribution in [2.45, 2.75) is 18.9 Å². The van der Waals surface area contributed by atoms with Crippen LogP contribution in [-0.2, 0) is 0 Å². The Bertz CT molecular complexity index is 643. The number of nitrogens with one attached hydrogen (secondary N) is 1. The fourth-order valence-electron chi connectivity index (χ4n) is 3.54. The molecule has 3 heterocycles. The number of piperidine rings is 1. The fraction of sp³-hybridized carbons (Fsp3) is 0.438. The van der Waals surface area contributed by atoms with Gasteiger partial charge >= 0.3 is 0 Å². The lowest BCUT2D eigenvalue weighted by Crippen LogP contribution is -2.47. The van der Waals surface area contributed by atoms with Gasteiger partial charge in [-0.3, -0.25) is 4.79 Å². The van der Waals surface area contributed by atoms with Crippen molar-refractivity contribution < 1.29 is 9.21 Å². The molecule has 21 heavy (non-hydrogen) atoms. The summed E-state index contributed by atoms with van der Waals surface area (Å²) < 4.78 is 5.30. The van der Waals surface area contributed by atoms with Crippen LogP contribution >= 0.6 is 12.4 Å². The van der Waals surface area contributed by atoms with Gasteiger partial charge in [-0.2, -0.15) is 0 Å². The van der Waals surface area contributed by atoms with E-state index in [-0.39, 0.29) is 18.3 Å². The molecule has 2 aromatic rings. The van der Waals surface area contributed by atoms with Crippen LogP contribution in [0.2, 0.25) is 0 Å². The fourth-order valence-corrected chi connectivity index (χ4v) is 3.54. The van der Waals surface area contributed by atoms with Crippen molar-refractivity contribution in [2.75, 3.05) is 19.6 Å². The van der Waals surface area contributed by atoms with Crippen LogP contribution in [0.25, 0.3) is 11.0 Å². The smallest absolute Gasteiger partial charge is 0.251 e. The molecule has 4 nitrogen and oxygen atoms in total. The molecule has 1 aromatic heterocycles. The van der Waals surface area contributed by atoms with Crippen LogP contribution < -0.4 is 5.32 Å². The molecule has 112 valence electrons. The number of carbonyl (C=O) groups is 1. The van der Waals surface area contributed by atoms with Gasteiger partial charge in [0.1, 0.15) is 5.58 Å². The minimum Gasteiger partial charge on any atom is -0.464 e. The highest BCUT2D eigenvalue weighted by Crippen LogP contribution is 2.27. The molecule has 0 saturated carbocycles. The molecule has 2 saturated heterocycles. The second-order valence-electron chi connectivity index (χ2n) is 5.99. The molecule has 0 aliphatic carbocycles. The molecule has 2 bridgehead atoms. The normalized spacial score (nSPS) is 27.3. The monoisotopic (exact) mass is 306 g/mol. The third-order valence-corrected chi connectivity index (χ3v) is 4.52. The molecule has 3 atom stereocenters. The van der Waals surface area contributed by atoms with Gasteiger partial charge in [-0.1, -0.05) is 0 Å². The first-order valence-electron chi connectivity index (χ1n) is 7.28. The molecular weight excluding hydrogens is 288 g/mol. The number of amides is 1. The van der Waals surface area contributed by atoms with E-state index in [0.717, 1.165) is 29.9 Å². The zero-order valence-corrected chi connectivity index (χ0v) is 12.6. The molecule has 4 rings (SSSR count). The minimum atomic E-state index is 0. The molecule has 1 aromatic carbocycles. The van der Waals surface area contributed by atoms with Crippen LogP contribution in [-0.4, -0.2) is 36.5 Å². The molecule has 2 fully saturated rings. The van der Waals surface area contributed by atoms with Gasteiger partial charge in [-0.15, -0.1) is 12.4 Å². The van der Waals surface area contributed by atoms with E-state index in [4.69, 9.17) is 4.42 Å². The predicted molar refractivity (Wildman–Crippen MR) is 83.9 cm³/mol. The molecule has 0 radical (unpaired) electrons. The van der Waals surface area contributed by atoms with Gasteiger partial charge in [0.05, 0.1) is 6.26 Å². The summed E-state index contributed by atoms with van der Waals surface area (Å²) in [6.07, 6.45) is 4.06. The van der Waals surface area contributed by atoms with Crippen LogP contribution in [0.5, 0.6) is 0 Å². The van der Waals surface area contributed by atoms with Gasteiger partial charge in [-0.05, 0) is 49.6 Å². The predicted octanol–water partition coefficient (Wildman–Crippen LogP) is 2.68. The van der Waals surface area contributed by atoms with Crippen LogP contribution in [0.4, 0.5) is 0 Å². The van der Waals surface area contributed by atoms with Crippen molar-refractivity contribution in [3.05, 3.63) is 36.1 Å². The summed E-state index contributed by atoms with van der Waals surface area (Å²) in [7, 11) is 0. The third kappa shape index (κ3) is 2.78. The largest absolute Gasteiger partial charge is 0.464 e. The Hall–Kier alpha value is -1.52. The van der Waals surface area contributed by atoms with E-state index in [1.165, 1.54) is 19.5 Å². The number of hydrogen-bond donors (Lipinski definition) is 1. The first kappa shape index (κ1) is 14.4. The van der Waals surface area contributed by atoms with Crippen LogP contribution in [0, 0.1) is 5.92 Å². The average molecular weight is 307 g/mol. The van der Waals surface area contributed by atoms with Gasteiger partial charge < -0.3 is 14.6 Å². The first-order chi connectivity index (χ1) is 9.78. The Balaban J connectivity index is 0.00000132. The van der Waals surface area contributed by atoms with E-state index >= 15 is 0 Å². The van der Waals surface area contributed by atoms with Gasteiger partial charge in [0.25, 0.3) is 5.91 Å². The number of hydrogen-bond acceptors (Lipinski definition) is 3. The quantitative estimate of drug-likeness (QED) is 0.928. The summed E-state index contributed by atoms with van der Waals surface area (Å²) in [5, 5.41) is 4.16. The maximum atomic E-state index is 12.4. The minimum absolute atomic E-state index is 0. The summed E-state index contributed by atoms with van der Waals surface area (Å²) >= 11 is 0. The Labute approximate surface area is 129 Å². The molecule has 1 N–H and O–H groups in total. The second-order valence-corrected chi connectivity index (χ2v) is 5.99. The van der Waals surface area contributed by atoms with Crippen molar-refractivity contribution in [3.63, 3.8) is 0 Å². The van der Waals surface area contributed by atoms with Crippen molar-refractivity contribution in [1.82, 2.24) is 10.2 Å². The summed E-state index contributed by atoms with van der Waals surface area (Å²) in [6, 6.07) is 7.77. The molecule has 0 spiro atoms. The summed E-state index contributed by atoms with van der Waals surface area (Å²) in [5.74, 6) is 0.797. The van der Waals surface area contributed by atoms with Crippen LogP contribution in [0.3, 0.4) is 0 Å². The maximum absolute atomic E-state index is 12.4. The highest BCUT2D eigenvalue weighted by molar-refractivity contribution is 5.97. The molecular formula is C16H19ClN2O2. The molecule has 5 heteroatoms. The average Bonchev–Trinajstić information content (AvgIpc) is 3.04. The first-order valence-corrected chi connectivity index (χ1v) is 7.28. The number of nitrogens with zero attached hydrogens (tertiary/aromatic N) is 1.